The van der Waals surface area contributed by atoms with E-state index in [1.54, 1.807) is 11.3 Å². The molecule has 0 atom stereocenters. The van der Waals surface area contributed by atoms with Gasteiger partial charge >= 0.3 is 0 Å². The van der Waals surface area contributed by atoms with Crippen LogP contribution < -0.4 is 5.32 Å². The van der Waals surface area contributed by atoms with Gasteiger partial charge in [-0.15, -0.1) is 11.3 Å². The van der Waals surface area contributed by atoms with Crippen molar-refractivity contribution < 1.29 is 0 Å². The molecular formula is C21H17N5S. The van der Waals surface area contributed by atoms with E-state index < -0.39 is 0 Å². The summed E-state index contributed by atoms with van der Waals surface area (Å²) in [5, 5.41) is 6.69. The molecule has 0 spiro atoms. The normalized spacial score (nSPS) is 11.3. The summed E-state index contributed by atoms with van der Waals surface area (Å²) in [6, 6.07) is 18.3. The van der Waals surface area contributed by atoms with Gasteiger partial charge in [0.15, 0.2) is 5.82 Å². The SMILES string of the molecule is Cc1cc(NCc2nc3ccccc3[nH]2)nc(-c2csc3ccccc23)n1. The lowest BCUT2D eigenvalue weighted by Gasteiger charge is -2.07. The third kappa shape index (κ3) is 3.04. The number of aryl methyl sites for hydroxylation is 1. The predicted octanol–water partition coefficient (Wildman–Crippen LogP) is 5.16. The average Bonchev–Trinajstić information content (AvgIpc) is 3.29. The summed E-state index contributed by atoms with van der Waals surface area (Å²) >= 11 is 1.72. The smallest absolute Gasteiger partial charge is 0.163 e. The van der Waals surface area contributed by atoms with Crippen molar-refractivity contribution in [2.24, 2.45) is 0 Å². The third-order valence-corrected chi connectivity index (χ3v) is 5.41. The standard InChI is InChI=1S/C21H17N5S/c1-13-10-19(22-11-20-24-16-7-3-4-8-17(16)25-20)26-21(23-13)15-12-27-18-9-5-2-6-14(15)18/h2-10,12H,11H2,1H3,(H,24,25)(H,22,23,26). The maximum absolute atomic E-state index is 4.74. The molecule has 0 aliphatic rings. The lowest BCUT2D eigenvalue weighted by atomic mass is 10.1. The molecule has 0 saturated heterocycles. The number of hydrogen-bond acceptors (Lipinski definition) is 5. The monoisotopic (exact) mass is 371 g/mol. The fourth-order valence-electron chi connectivity index (χ4n) is 3.19. The summed E-state index contributed by atoms with van der Waals surface area (Å²) in [7, 11) is 0. The van der Waals surface area contributed by atoms with Gasteiger partial charge in [-0.2, -0.15) is 0 Å². The quantitative estimate of drug-likeness (QED) is 0.458. The van der Waals surface area contributed by atoms with E-state index in [1.165, 1.54) is 10.1 Å². The molecule has 5 nitrogen and oxygen atoms in total. The highest BCUT2D eigenvalue weighted by Crippen LogP contribution is 2.32. The fraction of sp³-hybridized carbons (Fsp3) is 0.0952. The molecule has 0 aliphatic heterocycles. The van der Waals surface area contributed by atoms with Gasteiger partial charge in [-0.1, -0.05) is 30.3 Å². The fourth-order valence-corrected chi connectivity index (χ4v) is 4.13. The second-order valence-corrected chi connectivity index (χ2v) is 7.33. The highest BCUT2D eigenvalue weighted by atomic mass is 32.1. The summed E-state index contributed by atoms with van der Waals surface area (Å²) in [6.07, 6.45) is 0. The van der Waals surface area contributed by atoms with Crippen LogP contribution >= 0.6 is 11.3 Å². The van der Waals surface area contributed by atoms with Crippen LogP contribution in [0.4, 0.5) is 5.82 Å². The van der Waals surface area contributed by atoms with Crippen LogP contribution in [-0.2, 0) is 6.54 Å². The zero-order valence-electron chi connectivity index (χ0n) is 14.7. The van der Waals surface area contributed by atoms with Crippen LogP contribution in [0.1, 0.15) is 11.5 Å². The molecule has 27 heavy (non-hydrogen) atoms. The first-order valence-corrected chi connectivity index (χ1v) is 9.64. The predicted molar refractivity (Wildman–Crippen MR) is 111 cm³/mol. The summed E-state index contributed by atoms with van der Waals surface area (Å²) in [5.74, 6) is 2.43. The van der Waals surface area contributed by atoms with Gasteiger partial charge < -0.3 is 10.3 Å². The lowest BCUT2D eigenvalue weighted by molar-refractivity contribution is 0.988. The number of anilines is 1. The maximum atomic E-state index is 4.74. The summed E-state index contributed by atoms with van der Waals surface area (Å²) < 4.78 is 1.24. The van der Waals surface area contributed by atoms with Crippen molar-refractivity contribution in [3.05, 3.63) is 71.5 Å². The van der Waals surface area contributed by atoms with Crippen molar-refractivity contribution in [1.82, 2.24) is 19.9 Å². The number of imidazole rings is 1. The van der Waals surface area contributed by atoms with Crippen LogP contribution in [0.3, 0.4) is 0 Å². The Morgan fingerprint density at radius 2 is 1.85 bits per heavy atom. The number of aromatic nitrogens is 4. The first-order valence-electron chi connectivity index (χ1n) is 8.76. The number of benzene rings is 2. The van der Waals surface area contributed by atoms with Gasteiger partial charge in [0.2, 0.25) is 0 Å². The van der Waals surface area contributed by atoms with Crippen molar-refractivity contribution >= 4 is 38.3 Å². The summed E-state index contributed by atoms with van der Waals surface area (Å²) in [5.41, 5.74) is 4.02. The molecule has 0 amide bonds. The van der Waals surface area contributed by atoms with E-state index in [4.69, 9.17) is 4.98 Å². The lowest BCUT2D eigenvalue weighted by Crippen LogP contribution is -2.05. The van der Waals surface area contributed by atoms with Crippen molar-refractivity contribution in [3.8, 4) is 11.4 Å². The molecule has 0 fully saturated rings. The molecule has 5 aromatic rings. The molecular weight excluding hydrogens is 354 g/mol. The number of aromatic amines is 1. The van der Waals surface area contributed by atoms with Gasteiger partial charge in [-0.05, 0) is 25.1 Å². The minimum Gasteiger partial charge on any atom is -0.363 e. The van der Waals surface area contributed by atoms with Crippen LogP contribution in [0.15, 0.2) is 60.0 Å². The number of nitrogens with zero attached hydrogens (tertiary/aromatic N) is 3. The Morgan fingerprint density at radius 3 is 2.78 bits per heavy atom. The average molecular weight is 371 g/mol. The van der Waals surface area contributed by atoms with E-state index in [2.05, 4.69) is 49.9 Å². The molecule has 3 aromatic heterocycles. The first-order chi connectivity index (χ1) is 13.3. The number of H-pyrrole nitrogens is 1. The molecule has 0 radical (unpaired) electrons. The van der Waals surface area contributed by atoms with Gasteiger partial charge in [-0.25, -0.2) is 15.0 Å². The Kier molecular flexibility index (Phi) is 3.83. The van der Waals surface area contributed by atoms with Crippen LogP contribution in [0, 0.1) is 6.92 Å². The minimum absolute atomic E-state index is 0.578. The van der Waals surface area contributed by atoms with Crippen molar-refractivity contribution in [3.63, 3.8) is 0 Å². The topological polar surface area (TPSA) is 66.5 Å². The van der Waals surface area contributed by atoms with Gasteiger partial charge in [0.05, 0.1) is 17.6 Å². The number of hydrogen-bond donors (Lipinski definition) is 2. The van der Waals surface area contributed by atoms with Gasteiger partial charge in [0.25, 0.3) is 0 Å². The molecule has 0 saturated carbocycles. The van der Waals surface area contributed by atoms with Crippen LogP contribution in [-0.4, -0.2) is 19.9 Å². The van der Waals surface area contributed by atoms with Crippen molar-refractivity contribution in [2.75, 3.05) is 5.32 Å². The molecule has 6 heteroatoms. The molecule has 3 heterocycles. The molecule has 2 aromatic carbocycles. The molecule has 5 rings (SSSR count). The van der Waals surface area contributed by atoms with E-state index in [0.29, 0.717) is 6.54 Å². The Hall–Kier alpha value is -3.25. The minimum atomic E-state index is 0.578. The Bertz CT molecular complexity index is 1220. The largest absolute Gasteiger partial charge is 0.363 e. The van der Waals surface area contributed by atoms with Crippen LogP contribution in [0.5, 0.6) is 0 Å². The van der Waals surface area contributed by atoms with E-state index in [9.17, 15) is 0 Å². The summed E-state index contributed by atoms with van der Waals surface area (Å²) in [4.78, 5) is 17.3. The Balaban J connectivity index is 1.45. The zero-order chi connectivity index (χ0) is 18.2. The van der Waals surface area contributed by atoms with E-state index in [0.717, 1.165) is 39.8 Å². The van der Waals surface area contributed by atoms with Crippen LogP contribution in [0.2, 0.25) is 0 Å². The van der Waals surface area contributed by atoms with E-state index in [1.807, 2.05) is 37.3 Å². The number of para-hydroxylation sites is 2. The number of rotatable bonds is 4. The maximum Gasteiger partial charge on any atom is 0.163 e. The number of nitrogens with one attached hydrogen (secondary N) is 2. The molecule has 2 N–H and O–H groups in total. The molecule has 0 aliphatic carbocycles. The third-order valence-electron chi connectivity index (χ3n) is 4.45. The number of thiophene rings is 1. The highest BCUT2D eigenvalue weighted by Gasteiger charge is 2.11. The highest BCUT2D eigenvalue weighted by molar-refractivity contribution is 7.17. The first kappa shape index (κ1) is 16.0. The van der Waals surface area contributed by atoms with Crippen molar-refractivity contribution in [2.45, 2.75) is 13.5 Å². The van der Waals surface area contributed by atoms with Gasteiger partial charge in [-0.3, -0.25) is 0 Å². The van der Waals surface area contributed by atoms with E-state index >= 15 is 0 Å². The van der Waals surface area contributed by atoms with E-state index in [-0.39, 0.29) is 0 Å². The van der Waals surface area contributed by atoms with Gasteiger partial charge in [0, 0.05) is 32.8 Å². The zero-order valence-corrected chi connectivity index (χ0v) is 15.5. The summed E-state index contributed by atoms with van der Waals surface area (Å²) in [6.45, 7) is 2.57. The van der Waals surface area contributed by atoms with Crippen molar-refractivity contribution in [1.29, 1.82) is 0 Å². The molecule has 0 bridgehead atoms. The molecule has 0 unspecified atom stereocenters. The van der Waals surface area contributed by atoms with Crippen LogP contribution in [0.25, 0.3) is 32.5 Å². The number of fused-ring (bicyclic) bond motifs is 2. The second kappa shape index (κ2) is 6.48. The Labute approximate surface area is 160 Å². The molecule has 132 valence electrons. The Morgan fingerprint density at radius 1 is 1.00 bits per heavy atom. The van der Waals surface area contributed by atoms with Gasteiger partial charge in [0.1, 0.15) is 11.6 Å². The second-order valence-electron chi connectivity index (χ2n) is 6.42.